The molecule has 1 N–H and O–H groups in total. The molecule has 1 aliphatic heterocycles. The molecule has 6 aliphatic carbocycles. The van der Waals surface area contributed by atoms with Crippen molar-refractivity contribution in [2.24, 2.45) is 35.0 Å². The standard InChI is InChI=1S/C27H32FNO4/c28-22-8-23(33-13-27-9-14-3-15(10-27)5-16(4-14)11-27)19(17-1-2-17)7-21(22)25(30)29-12-18-6-20(18)24(29)26(31)32/h7-8,14-18,20,24H,1-6,9-13H2,(H,31,32)/t14?,15?,16?,18-,20?,24-,27?/m0/s1. The molecule has 3 atom stereocenters. The summed E-state index contributed by atoms with van der Waals surface area (Å²) >= 11 is 0. The van der Waals surface area contributed by atoms with Crippen molar-refractivity contribution in [3.63, 3.8) is 0 Å². The quantitative estimate of drug-likeness (QED) is 0.669. The lowest BCUT2D eigenvalue weighted by molar-refractivity contribution is -0.142. The van der Waals surface area contributed by atoms with Gasteiger partial charge in [-0.2, -0.15) is 0 Å². The number of ether oxygens (including phenoxy) is 1. The predicted molar refractivity (Wildman–Crippen MR) is 119 cm³/mol. The maximum absolute atomic E-state index is 15.3. The van der Waals surface area contributed by atoms with E-state index >= 15 is 4.39 Å². The molecule has 7 fully saturated rings. The first-order valence-corrected chi connectivity index (χ1v) is 12.9. The first-order valence-electron chi connectivity index (χ1n) is 12.9. The third-order valence-corrected chi connectivity index (χ3v) is 9.71. The Morgan fingerprint density at radius 3 is 2.33 bits per heavy atom. The van der Waals surface area contributed by atoms with Crippen LogP contribution in [0, 0.1) is 40.8 Å². The van der Waals surface area contributed by atoms with Crippen molar-refractivity contribution in [1.29, 1.82) is 0 Å². The van der Waals surface area contributed by atoms with E-state index in [9.17, 15) is 14.7 Å². The number of halogens is 1. The van der Waals surface area contributed by atoms with Crippen LogP contribution in [0.15, 0.2) is 12.1 Å². The van der Waals surface area contributed by atoms with Crippen molar-refractivity contribution < 1.29 is 23.8 Å². The molecule has 7 aliphatic rings. The van der Waals surface area contributed by atoms with Crippen LogP contribution >= 0.6 is 0 Å². The Bertz CT molecular complexity index is 998. The van der Waals surface area contributed by atoms with Crippen LogP contribution in [0.1, 0.15) is 79.6 Å². The van der Waals surface area contributed by atoms with Crippen LogP contribution in [-0.2, 0) is 4.79 Å². The number of rotatable bonds is 6. The van der Waals surface area contributed by atoms with Crippen molar-refractivity contribution in [2.45, 2.75) is 69.7 Å². The van der Waals surface area contributed by atoms with Crippen LogP contribution < -0.4 is 4.74 Å². The average molecular weight is 454 g/mol. The third kappa shape index (κ3) is 3.30. The molecule has 6 saturated carbocycles. The molecule has 4 bridgehead atoms. The third-order valence-electron chi connectivity index (χ3n) is 9.71. The number of carbonyl (C=O) groups is 2. The molecule has 176 valence electrons. The summed E-state index contributed by atoms with van der Waals surface area (Å²) in [6.07, 6.45) is 10.8. The Balaban J connectivity index is 1.14. The van der Waals surface area contributed by atoms with E-state index in [0.29, 0.717) is 24.8 Å². The van der Waals surface area contributed by atoms with E-state index in [4.69, 9.17) is 4.74 Å². The van der Waals surface area contributed by atoms with E-state index in [1.54, 1.807) is 6.07 Å². The number of benzene rings is 1. The van der Waals surface area contributed by atoms with Gasteiger partial charge in [-0.05, 0) is 105 Å². The fraction of sp³-hybridized carbons (Fsp3) is 0.704. The molecule has 33 heavy (non-hydrogen) atoms. The number of piperidine rings is 1. The number of carboxylic acids is 1. The molecule has 0 radical (unpaired) electrons. The number of hydrogen-bond acceptors (Lipinski definition) is 3. The molecule has 1 amide bonds. The molecule has 1 aromatic rings. The van der Waals surface area contributed by atoms with Gasteiger partial charge in [-0.3, -0.25) is 4.79 Å². The largest absolute Gasteiger partial charge is 0.493 e. The summed E-state index contributed by atoms with van der Waals surface area (Å²) in [7, 11) is 0. The van der Waals surface area contributed by atoms with Gasteiger partial charge < -0.3 is 14.7 Å². The van der Waals surface area contributed by atoms with Gasteiger partial charge in [0.1, 0.15) is 17.6 Å². The summed E-state index contributed by atoms with van der Waals surface area (Å²) in [5.41, 5.74) is 1.18. The second kappa shape index (κ2) is 6.96. The van der Waals surface area contributed by atoms with E-state index in [1.165, 1.54) is 49.5 Å². The van der Waals surface area contributed by atoms with Gasteiger partial charge in [0.05, 0.1) is 12.2 Å². The summed E-state index contributed by atoms with van der Waals surface area (Å²) < 4.78 is 21.7. The van der Waals surface area contributed by atoms with E-state index in [2.05, 4.69) is 0 Å². The number of fused-ring (bicyclic) bond motifs is 1. The lowest BCUT2D eigenvalue weighted by Crippen LogP contribution is -2.48. The maximum Gasteiger partial charge on any atom is 0.326 e. The Morgan fingerprint density at radius 2 is 1.73 bits per heavy atom. The van der Waals surface area contributed by atoms with Crippen LogP contribution in [0.4, 0.5) is 4.39 Å². The van der Waals surface area contributed by atoms with Gasteiger partial charge in [0.2, 0.25) is 0 Å². The van der Waals surface area contributed by atoms with Gasteiger partial charge in [-0.25, -0.2) is 9.18 Å². The van der Waals surface area contributed by atoms with Crippen molar-refractivity contribution in [3.05, 3.63) is 29.1 Å². The smallest absolute Gasteiger partial charge is 0.326 e. The number of likely N-dealkylation sites (tertiary alicyclic amines) is 1. The second-order valence-electron chi connectivity index (χ2n) is 12.3. The highest BCUT2D eigenvalue weighted by Crippen LogP contribution is 2.60. The van der Waals surface area contributed by atoms with Crippen LogP contribution in [0.2, 0.25) is 0 Å². The monoisotopic (exact) mass is 453 g/mol. The molecular weight excluding hydrogens is 421 g/mol. The number of amides is 1. The molecule has 1 unspecified atom stereocenters. The summed E-state index contributed by atoms with van der Waals surface area (Å²) in [4.78, 5) is 26.4. The number of aliphatic carboxylic acids is 1. The Morgan fingerprint density at radius 1 is 1.06 bits per heavy atom. The zero-order chi connectivity index (χ0) is 22.5. The molecule has 6 heteroatoms. The molecule has 1 aromatic carbocycles. The van der Waals surface area contributed by atoms with Crippen molar-refractivity contribution >= 4 is 11.9 Å². The highest BCUT2D eigenvalue weighted by atomic mass is 19.1. The Kier molecular flexibility index (Phi) is 4.27. The molecule has 5 nitrogen and oxygen atoms in total. The van der Waals surface area contributed by atoms with Crippen LogP contribution in [0.3, 0.4) is 0 Å². The Labute approximate surface area is 193 Å². The summed E-state index contributed by atoms with van der Waals surface area (Å²) in [6, 6.07) is 2.26. The molecule has 1 saturated heterocycles. The Hall–Kier alpha value is -2.11. The van der Waals surface area contributed by atoms with Gasteiger partial charge in [0.25, 0.3) is 5.91 Å². The topological polar surface area (TPSA) is 66.8 Å². The zero-order valence-corrected chi connectivity index (χ0v) is 19.0. The first kappa shape index (κ1) is 20.3. The average Bonchev–Trinajstić information content (AvgIpc) is 3.69. The number of nitrogens with zero attached hydrogens (tertiary/aromatic N) is 1. The van der Waals surface area contributed by atoms with Crippen molar-refractivity contribution in [1.82, 2.24) is 4.90 Å². The van der Waals surface area contributed by atoms with Crippen molar-refractivity contribution in [2.75, 3.05) is 13.2 Å². The van der Waals surface area contributed by atoms with Crippen LogP contribution in [0.5, 0.6) is 5.75 Å². The second-order valence-corrected chi connectivity index (χ2v) is 12.3. The lowest BCUT2D eigenvalue weighted by Gasteiger charge is -2.56. The minimum atomic E-state index is -0.980. The maximum atomic E-state index is 15.3. The summed E-state index contributed by atoms with van der Waals surface area (Å²) in [6.45, 7) is 1.07. The molecule has 8 rings (SSSR count). The fourth-order valence-electron chi connectivity index (χ4n) is 8.42. The van der Waals surface area contributed by atoms with Gasteiger partial charge in [0, 0.05) is 18.0 Å². The van der Waals surface area contributed by atoms with E-state index in [-0.39, 0.29) is 22.8 Å². The minimum Gasteiger partial charge on any atom is -0.493 e. The van der Waals surface area contributed by atoms with Gasteiger partial charge in [-0.15, -0.1) is 0 Å². The normalized spacial score (nSPS) is 40.1. The van der Waals surface area contributed by atoms with E-state index in [1.807, 2.05) is 0 Å². The number of carbonyl (C=O) groups excluding carboxylic acids is 1. The van der Waals surface area contributed by atoms with Crippen LogP contribution in [0.25, 0.3) is 0 Å². The zero-order valence-electron chi connectivity index (χ0n) is 19.0. The highest BCUT2D eigenvalue weighted by Gasteiger charge is 2.57. The molecule has 1 heterocycles. The molecule has 0 aromatic heterocycles. The number of hydrogen-bond donors (Lipinski definition) is 1. The fourth-order valence-corrected chi connectivity index (χ4v) is 8.42. The molecular formula is C27H32FNO4. The molecule has 0 spiro atoms. The summed E-state index contributed by atoms with van der Waals surface area (Å²) in [5, 5.41) is 9.62. The van der Waals surface area contributed by atoms with Gasteiger partial charge in [0.15, 0.2) is 0 Å². The van der Waals surface area contributed by atoms with Crippen LogP contribution in [-0.4, -0.2) is 41.1 Å². The van der Waals surface area contributed by atoms with E-state index < -0.39 is 23.7 Å². The van der Waals surface area contributed by atoms with Gasteiger partial charge >= 0.3 is 5.97 Å². The van der Waals surface area contributed by atoms with E-state index in [0.717, 1.165) is 42.6 Å². The predicted octanol–water partition coefficient (Wildman–Crippen LogP) is 4.84. The number of carboxylic acid groups (broad SMARTS) is 1. The highest BCUT2D eigenvalue weighted by molar-refractivity contribution is 5.98. The minimum absolute atomic E-state index is 0.00612. The first-order chi connectivity index (χ1) is 15.9. The SMILES string of the molecule is O=C(O)[C@@H]1C2C[C@H]2CN1C(=O)c1cc(C2CC2)c(OCC23CC4CC(CC(C4)C2)C3)cc1F. The van der Waals surface area contributed by atoms with Crippen molar-refractivity contribution in [3.8, 4) is 5.75 Å². The summed E-state index contributed by atoms with van der Waals surface area (Å²) in [5.74, 6) is 1.66. The lowest BCUT2D eigenvalue weighted by atomic mass is 9.50. The van der Waals surface area contributed by atoms with Gasteiger partial charge in [-0.1, -0.05) is 0 Å².